The van der Waals surface area contributed by atoms with Gasteiger partial charge in [0.15, 0.2) is 17.2 Å². The van der Waals surface area contributed by atoms with E-state index < -0.39 is 0 Å². The summed E-state index contributed by atoms with van der Waals surface area (Å²) in [6, 6.07) is 62.8. The highest BCUT2D eigenvalue weighted by Crippen LogP contribution is 2.40. The molecule has 4 aromatic heterocycles. The Hall–Kier alpha value is -7.28. The van der Waals surface area contributed by atoms with E-state index >= 15 is 0 Å². The molecule has 56 heavy (non-hydrogen) atoms. The van der Waals surface area contributed by atoms with E-state index in [0.717, 1.165) is 88.0 Å². The zero-order chi connectivity index (χ0) is 37.0. The molecule has 0 aliphatic rings. The maximum absolute atomic E-state index is 6.34. The molecule has 0 saturated carbocycles. The number of benzene rings is 7. The lowest BCUT2D eigenvalue weighted by Crippen LogP contribution is -1.94. The van der Waals surface area contributed by atoms with Gasteiger partial charge in [-0.15, -0.1) is 11.3 Å². The number of fused-ring (bicyclic) bond motifs is 6. The first kappa shape index (κ1) is 32.2. The Morgan fingerprint density at radius 2 is 0.821 bits per heavy atom. The SMILES string of the molecule is c1ccc(-c2nc(-c3cccc(-c4cccc(-c5cccc(-c6nc(-c7ccccc7)c7sc8ccccc8c7n6)c5)c4)c3)nc3c2oc2ccccc23)cc1. The lowest BCUT2D eigenvalue weighted by Gasteiger charge is -2.11. The number of rotatable bonds is 6. The molecule has 4 heterocycles. The Kier molecular flexibility index (Phi) is 7.60. The molecule has 0 aliphatic carbocycles. The van der Waals surface area contributed by atoms with Gasteiger partial charge in [0.25, 0.3) is 0 Å². The van der Waals surface area contributed by atoms with Gasteiger partial charge in [0.05, 0.1) is 15.9 Å². The minimum atomic E-state index is 0.652. The molecule has 0 saturated heterocycles. The molecule has 0 fully saturated rings. The van der Waals surface area contributed by atoms with Crippen molar-refractivity contribution in [3.8, 4) is 67.5 Å². The Balaban J connectivity index is 0.990. The lowest BCUT2D eigenvalue weighted by molar-refractivity contribution is 0.667. The number of aromatic nitrogens is 4. The number of thiophene rings is 1. The Bertz CT molecular complexity index is 3040. The second kappa shape index (κ2) is 13.2. The van der Waals surface area contributed by atoms with Crippen LogP contribution in [-0.2, 0) is 0 Å². The van der Waals surface area contributed by atoms with Crippen molar-refractivity contribution in [3.05, 3.63) is 182 Å². The van der Waals surface area contributed by atoms with Crippen molar-refractivity contribution in [2.24, 2.45) is 0 Å². The third-order valence-electron chi connectivity index (χ3n) is 10.3. The molecule has 0 amide bonds. The van der Waals surface area contributed by atoms with Crippen molar-refractivity contribution in [1.82, 2.24) is 19.9 Å². The van der Waals surface area contributed by atoms with Gasteiger partial charge < -0.3 is 4.42 Å². The molecule has 6 heteroatoms. The molecule has 0 bridgehead atoms. The second-order valence-electron chi connectivity index (χ2n) is 13.8. The maximum atomic E-state index is 6.34. The van der Waals surface area contributed by atoms with Gasteiger partial charge in [0.2, 0.25) is 0 Å². The topological polar surface area (TPSA) is 64.7 Å². The predicted octanol–water partition coefficient (Wildman–Crippen LogP) is 13.5. The smallest absolute Gasteiger partial charge is 0.180 e. The maximum Gasteiger partial charge on any atom is 0.180 e. The molecule has 0 N–H and O–H groups in total. The van der Waals surface area contributed by atoms with Gasteiger partial charge in [-0.1, -0.05) is 146 Å². The van der Waals surface area contributed by atoms with Gasteiger partial charge in [-0.2, -0.15) is 0 Å². The van der Waals surface area contributed by atoms with E-state index in [2.05, 4.69) is 140 Å². The molecule has 0 aliphatic heterocycles. The Morgan fingerprint density at radius 1 is 0.357 bits per heavy atom. The minimum Gasteiger partial charge on any atom is -0.452 e. The highest BCUT2D eigenvalue weighted by molar-refractivity contribution is 7.26. The average molecular weight is 735 g/mol. The highest BCUT2D eigenvalue weighted by atomic mass is 32.1. The van der Waals surface area contributed by atoms with Crippen LogP contribution in [0, 0.1) is 0 Å². The summed E-state index contributed by atoms with van der Waals surface area (Å²) in [6.45, 7) is 0. The van der Waals surface area contributed by atoms with Crippen LogP contribution in [-0.4, -0.2) is 19.9 Å². The summed E-state index contributed by atoms with van der Waals surface area (Å²) in [5, 5.41) is 2.12. The normalized spacial score (nSPS) is 11.6. The van der Waals surface area contributed by atoms with Gasteiger partial charge in [-0.3, -0.25) is 0 Å². The van der Waals surface area contributed by atoms with Crippen LogP contribution in [0.2, 0.25) is 0 Å². The van der Waals surface area contributed by atoms with E-state index in [4.69, 9.17) is 24.4 Å². The van der Waals surface area contributed by atoms with E-state index in [9.17, 15) is 0 Å². The molecule has 11 rings (SSSR count). The van der Waals surface area contributed by atoms with E-state index in [0.29, 0.717) is 17.2 Å². The first-order valence-electron chi connectivity index (χ1n) is 18.5. The van der Waals surface area contributed by atoms with Crippen molar-refractivity contribution >= 4 is 53.7 Å². The van der Waals surface area contributed by atoms with Crippen molar-refractivity contribution in [2.45, 2.75) is 0 Å². The van der Waals surface area contributed by atoms with E-state index in [1.807, 2.05) is 42.5 Å². The van der Waals surface area contributed by atoms with Gasteiger partial charge in [0, 0.05) is 37.7 Å². The second-order valence-corrected chi connectivity index (χ2v) is 14.9. The fourth-order valence-corrected chi connectivity index (χ4v) is 8.73. The summed E-state index contributed by atoms with van der Waals surface area (Å²) in [4.78, 5) is 20.6. The molecule has 262 valence electrons. The number of hydrogen-bond donors (Lipinski definition) is 0. The molecule has 0 unspecified atom stereocenters. The quantitative estimate of drug-likeness (QED) is 0.170. The standard InChI is InChI=1S/C50H30N4OS/c1-3-14-31(15-4-1)43-47-45(39-24-7-9-26-41(39)55-47)53-49(51-43)37-22-12-20-35(29-37)33-18-11-19-34(28-33)36-21-13-23-38(30-36)50-52-44(32-16-5-2-6-17-32)48-46(54-50)40-25-8-10-27-42(40)56-48/h1-30H. The summed E-state index contributed by atoms with van der Waals surface area (Å²) in [7, 11) is 0. The third kappa shape index (κ3) is 5.54. The van der Waals surface area contributed by atoms with Crippen LogP contribution in [0.1, 0.15) is 0 Å². The summed E-state index contributed by atoms with van der Waals surface area (Å²) in [6.07, 6.45) is 0. The fraction of sp³-hybridized carbons (Fsp3) is 0. The number of furan rings is 1. The van der Waals surface area contributed by atoms with E-state index in [1.165, 1.54) is 4.70 Å². The van der Waals surface area contributed by atoms with Crippen molar-refractivity contribution in [2.75, 3.05) is 0 Å². The van der Waals surface area contributed by atoms with E-state index in [1.54, 1.807) is 11.3 Å². The van der Waals surface area contributed by atoms with Crippen LogP contribution in [0.15, 0.2) is 186 Å². The van der Waals surface area contributed by atoms with Gasteiger partial charge in [0.1, 0.15) is 16.8 Å². The zero-order valence-corrected chi connectivity index (χ0v) is 30.7. The molecular formula is C50H30N4OS. The molecule has 0 radical (unpaired) electrons. The zero-order valence-electron chi connectivity index (χ0n) is 29.9. The van der Waals surface area contributed by atoms with Crippen LogP contribution in [0.5, 0.6) is 0 Å². The van der Waals surface area contributed by atoms with Crippen LogP contribution in [0.25, 0.3) is 110 Å². The van der Waals surface area contributed by atoms with Crippen LogP contribution < -0.4 is 0 Å². The molecule has 0 atom stereocenters. The third-order valence-corrected chi connectivity index (χ3v) is 11.5. The van der Waals surface area contributed by atoms with Gasteiger partial charge >= 0.3 is 0 Å². The molecule has 7 aromatic carbocycles. The highest BCUT2D eigenvalue weighted by Gasteiger charge is 2.19. The number of nitrogens with zero attached hydrogens (tertiary/aromatic N) is 4. The minimum absolute atomic E-state index is 0.652. The molecule has 11 aromatic rings. The van der Waals surface area contributed by atoms with Crippen LogP contribution >= 0.6 is 11.3 Å². The molecule has 5 nitrogen and oxygen atoms in total. The predicted molar refractivity (Wildman–Crippen MR) is 230 cm³/mol. The average Bonchev–Trinajstić information content (AvgIpc) is 3.85. The Morgan fingerprint density at radius 3 is 1.46 bits per heavy atom. The fourth-order valence-electron chi connectivity index (χ4n) is 7.58. The summed E-state index contributed by atoms with van der Waals surface area (Å²) >= 11 is 1.75. The first-order valence-corrected chi connectivity index (χ1v) is 19.4. The monoisotopic (exact) mass is 734 g/mol. The van der Waals surface area contributed by atoms with Gasteiger partial charge in [-0.25, -0.2) is 19.9 Å². The largest absolute Gasteiger partial charge is 0.452 e. The van der Waals surface area contributed by atoms with Crippen LogP contribution in [0.4, 0.5) is 0 Å². The van der Waals surface area contributed by atoms with Crippen LogP contribution in [0.3, 0.4) is 0 Å². The summed E-state index contributed by atoms with van der Waals surface area (Å²) in [5.74, 6) is 1.36. The first-order chi connectivity index (χ1) is 27.7. The van der Waals surface area contributed by atoms with Crippen molar-refractivity contribution < 1.29 is 4.42 Å². The Labute approximate surface area is 326 Å². The summed E-state index contributed by atoms with van der Waals surface area (Å²) < 4.78 is 8.65. The number of para-hydroxylation sites is 1. The van der Waals surface area contributed by atoms with Crippen molar-refractivity contribution in [1.29, 1.82) is 0 Å². The van der Waals surface area contributed by atoms with Gasteiger partial charge in [-0.05, 0) is 58.7 Å². The van der Waals surface area contributed by atoms with Crippen molar-refractivity contribution in [3.63, 3.8) is 0 Å². The summed E-state index contributed by atoms with van der Waals surface area (Å²) in [5.41, 5.74) is 13.4. The lowest BCUT2D eigenvalue weighted by atomic mass is 9.97. The van der Waals surface area contributed by atoms with E-state index in [-0.39, 0.29) is 0 Å². The molecular weight excluding hydrogens is 705 g/mol. The number of hydrogen-bond acceptors (Lipinski definition) is 6. The molecule has 0 spiro atoms.